The highest BCUT2D eigenvalue weighted by Gasteiger charge is 2.76. The Labute approximate surface area is 300 Å². The Morgan fingerprint density at radius 3 is 1.96 bits per heavy atom. The van der Waals surface area contributed by atoms with Gasteiger partial charge in [0.2, 0.25) is 0 Å². The smallest absolute Gasteiger partial charge is 0.142 e. The zero-order chi connectivity index (χ0) is 34.6. The van der Waals surface area contributed by atoms with Crippen molar-refractivity contribution in [3.63, 3.8) is 0 Å². The number of fused-ring (bicyclic) bond motifs is 14. The lowest BCUT2D eigenvalue weighted by Crippen LogP contribution is -2.55. The summed E-state index contributed by atoms with van der Waals surface area (Å²) in [6, 6.07) is 0. The number of allylic oxidation sites excluding steroid dienone is 8. The number of Topliss-reactive ketones (excluding diaryl/α,β-unsaturated/α-hetero) is 1. The van der Waals surface area contributed by atoms with Crippen molar-refractivity contribution in [1.82, 2.24) is 0 Å². The van der Waals surface area contributed by atoms with Gasteiger partial charge in [-0.25, -0.2) is 0 Å². The van der Waals surface area contributed by atoms with E-state index in [1.807, 2.05) is 0 Å². The van der Waals surface area contributed by atoms with E-state index in [0.29, 0.717) is 47.2 Å². The largest absolute Gasteiger partial charge is 0.501 e. The Morgan fingerprint density at radius 2 is 1.38 bits per heavy atom. The van der Waals surface area contributed by atoms with Gasteiger partial charge in [0.15, 0.2) is 0 Å². The van der Waals surface area contributed by atoms with E-state index in [1.54, 1.807) is 14.2 Å². The highest BCUT2D eigenvalue weighted by molar-refractivity contribution is 5.93. The molecule has 0 aromatic carbocycles. The molecule has 0 aromatic heterocycles. The SMILES string of the molecule is CC[C@]12CCC3C(CC=C4C=C(OC)CC[C@@H]43)C1[C@@H]1C[C@@H]1C2=O.CC[C@]12CCC3C(CC=C4C=C(OC)CC[C@@H]43)C1[C@@H]1C[C@@H]1[C@@]2(O)C#CCO. The van der Waals surface area contributed by atoms with Gasteiger partial charge < -0.3 is 19.7 Å². The van der Waals surface area contributed by atoms with Gasteiger partial charge in [-0.15, -0.1) is 0 Å². The number of ether oxygens (including phenoxy) is 2. The van der Waals surface area contributed by atoms with Crippen molar-refractivity contribution in [2.24, 2.45) is 81.8 Å². The third kappa shape index (κ3) is 4.55. The number of rotatable bonds is 4. The van der Waals surface area contributed by atoms with Crippen LogP contribution < -0.4 is 0 Å². The molecule has 10 aliphatic rings. The Bertz CT molecular complexity index is 1610. The monoisotopic (exact) mass is 680 g/mol. The average molecular weight is 681 g/mol. The first-order chi connectivity index (χ1) is 24.3. The van der Waals surface area contributed by atoms with Crippen LogP contribution >= 0.6 is 0 Å². The molecule has 0 spiro atoms. The molecular formula is C45H60O5. The van der Waals surface area contributed by atoms with E-state index < -0.39 is 5.60 Å². The fraction of sp³-hybridized carbons (Fsp3) is 0.756. The zero-order valence-electron chi connectivity index (χ0n) is 31.0. The van der Waals surface area contributed by atoms with Crippen molar-refractivity contribution in [1.29, 1.82) is 0 Å². The van der Waals surface area contributed by atoms with E-state index in [2.05, 4.69) is 50.0 Å². The fourth-order valence-electron chi connectivity index (χ4n) is 15.1. The minimum Gasteiger partial charge on any atom is -0.501 e. The number of carbonyl (C=O) groups is 1. The normalized spacial score (nSPS) is 49.7. The van der Waals surface area contributed by atoms with Crippen molar-refractivity contribution >= 4 is 5.78 Å². The van der Waals surface area contributed by atoms with Gasteiger partial charge >= 0.3 is 0 Å². The molecule has 270 valence electrons. The summed E-state index contributed by atoms with van der Waals surface area (Å²) in [7, 11) is 3.58. The number of methoxy groups -OCH3 is 2. The van der Waals surface area contributed by atoms with E-state index in [0.717, 1.165) is 86.1 Å². The number of hydrogen-bond donors (Lipinski definition) is 2. The molecule has 10 aliphatic carbocycles. The standard InChI is InChI=1S/C24H32O3.C21H28O2/c1-3-23-11-9-18-17-8-6-16(27-2)13-15(17)5-7-19(18)22(23)20-14-21(20)24(23,26)10-4-12-25;1-3-21-9-8-15-14-7-5-13(23-2)10-12(14)4-6-16(15)19(21)17-11-18(17)20(21)22/h5,13,17-22,25-26H,3,6-9,11-12,14H2,1-2H3;4,10,14-19H,3,5-9,11H2,1-2H3/t17-,18?,19?,20+,21-,22?,23-,24-;14-,15?,16?,17+,18-,19?,21-/m00/s1. The van der Waals surface area contributed by atoms with Gasteiger partial charge in [-0.1, -0.05) is 37.8 Å². The van der Waals surface area contributed by atoms with E-state index >= 15 is 0 Å². The first kappa shape index (κ1) is 33.5. The highest BCUT2D eigenvalue weighted by atomic mass is 16.5. The summed E-state index contributed by atoms with van der Waals surface area (Å²) in [5, 5.41) is 21.0. The Kier molecular flexibility index (Phi) is 8.13. The quantitative estimate of drug-likeness (QED) is 0.293. The second-order valence-corrected chi connectivity index (χ2v) is 18.2. The third-order valence-corrected chi connectivity index (χ3v) is 17.2. The van der Waals surface area contributed by atoms with Gasteiger partial charge in [0.25, 0.3) is 0 Å². The zero-order valence-corrected chi connectivity index (χ0v) is 31.0. The van der Waals surface area contributed by atoms with E-state index in [9.17, 15) is 15.0 Å². The molecule has 5 heteroatoms. The van der Waals surface area contributed by atoms with Gasteiger partial charge in [-0.3, -0.25) is 4.79 Å². The summed E-state index contributed by atoms with van der Waals surface area (Å²) in [5.74, 6) is 16.8. The molecule has 0 aromatic rings. The molecule has 0 saturated heterocycles. The molecule has 6 fully saturated rings. The fourth-order valence-corrected chi connectivity index (χ4v) is 15.1. The number of aliphatic hydroxyl groups excluding tert-OH is 1. The summed E-state index contributed by atoms with van der Waals surface area (Å²) in [4.78, 5) is 12.9. The second kappa shape index (κ2) is 12.1. The molecule has 0 amide bonds. The lowest BCUT2D eigenvalue weighted by atomic mass is 9.48. The van der Waals surface area contributed by atoms with Crippen molar-refractivity contribution in [3.05, 3.63) is 47.0 Å². The minimum atomic E-state index is -0.884. The molecule has 0 aliphatic heterocycles. The maximum atomic E-state index is 12.9. The maximum absolute atomic E-state index is 12.9. The lowest BCUT2D eigenvalue weighted by Gasteiger charge is -2.56. The van der Waals surface area contributed by atoms with Crippen LogP contribution in [0.1, 0.15) is 104 Å². The van der Waals surface area contributed by atoms with Crippen LogP contribution in [-0.4, -0.2) is 42.4 Å². The van der Waals surface area contributed by atoms with Crippen LogP contribution in [0.2, 0.25) is 0 Å². The van der Waals surface area contributed by atoms with E-state index in [4.69, 9.17) is 9.47 Å². The Hall–Kier alpha value is -2.29. The predicted molar refractivity (Wildman–Crippen MR) is 194 cm³/mol. The van der Waals surface area contributed by atoms with Crippen molar-refractivity contribution in [3.8, 4) is 11.8 Å². The van der Waals surface area contributed by atoms with Crippen LogP contribution in [0.25, 0.3) is 0 Å². The molecule has 0 heterocycles. The molecule has 2 N–H and O–H groups in total. The molecule has 10 rings (SSSR count). The molecular weight excluding hydrogens is 620 g/mol. The molecule has 0 radical (unpaired) electrons. The summed E-state index contributed by atoms with van der Waals surface area (Å²) in [6.45, 7) is 4.37. The highest BCUT2D eigenvalue weighted by Crippen LogP contribution is 2.76. The molecule has 0 bridgehead atoms. The van der Waals surface area contributed by atoms with Crippen molar-refractivity contribution in [2.75, 3.05) is 20.8 Å². The van der Waals surface area contributed by atoms with Gasteiger partial charge in [-0.2, -0.15) is 0 Å². The van der Waals surface area contributed by atoms with Gasteiger partial charge in [-0.05, 0) is 160 Å². The number of aliphatic hydroxyl groups is 2. The Balaban J connectivity index is 0.000000136. The van der Waals surface area contributed by atoms with Crippen LogP contribution in [0, 0.1) is 93.7 Å². The van der Waals surface area contributed by atoms with E-state index in [1.165, 1.54) is 56.1 Å². The second-order valence-electron chi connectivity index (χ2n) is 18.2. The van der Waals surface area contributed by atoms with Gasteiger partial charge in [0, 0.05) is 35.5 Å². The van der Waals surface area contributed by atoms with Crippen LogP contribution in [0.3, 0.4) is 0 Å². The molecule has 15 atom stereocenters. The topological polar surface area (TPSA) is 76.0 Å². The predicted octanol–water partition coefficient (Wildman–Crippen LogP) is 8.19. The van der Waals surface area contributed by atoms with E-state index in [-0.39, 0.29) is 17.4 Å². The number of carbonyl (C=O) groups excluding carboxylic acids is 1. The first-order valence-electron chi connectivity index (χ1n) is 20.6. The number of ketones is 1. The van der Waals surface area contributed by atoms with Crippen LogP contribution in [0.5, 0.6) is 0 Å². The third-order valence-electron chi connectivity index (χ3n) is 17.2. The minimum absolute atomic E-state index is 0.0717. The van der Waals surface area contributed by atoms with Gasteiger partial charge in [0.1, 0.15) is 18.0 Å². The van der Waals surface area contributed by atoms with Crippen molar-refractivity contribution in [2.45, 2.75) is 109 Å². The van der Waals surface area contributed by atoms with Crippen LogP contribution in [0.15, 0.2) is 47.0 Å². The average Bonchev–Trinajstić information content (AvgIpc) is 4.09. The number of hydrogen-bond acceptors (Lipinski definition) is 5. The summed E-state index contributed by atoms with van der Waals surface area (Å²) >= 11 is 0. The molecule has 6 unspecified atom stereocenters. The van der Waals surface area contributed by atoms with Crippen LogP contribution in [0.4, 0.5) is 0 Å². The molecule has 6 saturated carbocycles. The molecule has 50 heavy (non-hydrogen) atoms. The first-order valence-corrected chi connectivity index (χ1v) is 20.6. The van der Waals surface area contributed by atoms with Crippen LogP contribution in [-0.2, 0) is 14.3 Å². The van der Waals surface area contributed by atoms with Gasteiger partial charge in [0.05, 0.1) is 25.7 Å². The lowest BCUT2D eigenvalue weighted by molar-refractivity contribution is -0.136. The summed E-state index contributed by atoms with van der Waals surface area (Å²) in [6.07, 6.45) is 25.7. The summed E-state index contributed by atoms with van der Waals surface area (Å²) in [5.41, 5.74) is 2.16. The Morgan fingerprint density at radius 1 is 0.760 bits per heavy atom. The van der Waals surface area contributed by atoms with Crippen molar-refractivity contribution < 1.29 is 24.5 Å². The molecule has 5 nitrogen and oxygen atoms in total. The summed E-state index contributed by atoms with van der Waals surface area (Å²) < 4.78 is 11.0. The maximum Gasteiger partial charge on any atom is 0.142 e.